The summed E-state index contributed by atoms with van der Waals surface area (Å²) in [7, 11) is 0. The Morgan fingerprint density at radius 3 is 2.23 bits per heavy atom. The van der Waals surface area contributed by atoms with E-state index in [1.54, 1.807) is 0 Å². The van der Waals surface area contributed by atoms with Crippen molar-refractivity contribution in [2.24, 2.45) is 0 Å². The number of anilines is 1. The molecule has 1 aliphatic rings. The zero-order valence-corrected chi connectivity index (χ0v) is 19.1. The summed E-state index contributed by atoms with van der Waals surface area (Å²) in [5.41, 5.74) is 3.94. The number of ether oxygens (including phenoxy) is 1. The molecular weight excluding hydrogens is 451 g/mol. The Kier molecular flexibility index (Phi) is 7.10. The van der Waals surface area contributed by atoms with E-state index >= 15 is 0 Å². The molecule has 8 heteroatoms. The molecular formula is C27H25FN2O5. The summed E-state index contributed by atoms with van der Waals surface area (Å²) >= 11 is 0. The standard InChI is InChI=1S/C27H25FN2O5/c1-2-7-24(25(31)29-16-12-13-23(28)21(14-16)26(32)33)30-27(34)35-15-22-19-10-5-3-8-17(19)18-9-4-6-11-20(18)22/h3-6,8-14,22,24H,2,7,15H2,1H3,(H,29,31)(H,30,34)(H,32,33). The zero-order valence-electron chi connectivity index (χ0n) is 19.1. The number of amides is 2. The zero-order chi connectivity index (χ0) is 24.9. The first-order valence-electron chi connectivity index (χ1n) is 11.3. The first-order valence-corrected chi connectivity index (χ1v) is 11.3. The second-order valence-electron chi connectivity index (χ2n) is 8.30. The molecule has 0 saturated carbocycles. The van der Waals surface area contributed by atoms with Gasteiger partial charge < -0.3 is 20.5 Å². The molecule has 180 valence electrons. The number of hydrogen-bond donors (Lipinski definition) is 3. The Hall–Kier alpha value is -4.20. The summed E-state index contributed by atoms with van der Waals surface area (Å²) in [4.78, 5) is 36.5. The fourth-order valence-electron chi connectivity index (χ4n) is 4.34. The van der Waals surface area contributed by atoms with Crippen molar-refractivity contribution in [1.82, 2.24) is 5.32 Å². The van der Waals surface area contributed by atoms with Crippen molar-refractivity contribution in [2.45, 2.75) is 31.7 Å². The van der Waals surface area contributed by atoms with E-state index in [9.17, 15) is 18.8 Å². The van der Waals surface area contributed by atoms with Gasteiger partial charge in [0.2, 0.25) is 5.91 Å². The van der Waals surface area contributed by atoms with Crippen LogP contribution in [0.3, 0.4) is 0 Å². The Bertz CT molecular complexity index is 1230. The minimum atomic E-state index is -1.44. The van der Waals surface area contributed by atoms with Gasteiger partial charge in [0.1, 0.15) is 18.5 Å². The van der Waals surface area contributed by atoms with E-state index in [0.717, 1.165) is 34.4 Å². The number of carboxylic acids is 1. The summed E-state index contributed by atoms with van der Waals surface area (Å²) in [6.07, 6.45) is 0.208. The highest BCUT2D eigenvalue weighted by Crippen LogP contribution is 2.44. The maximum absolute atomic E-state index is 13.6. The summed E-state index contributed by atoms with van der Waals surface area (Å²) in [5, 5.41) is 14.2. The van der Waals surface area contributed by atoms with Gasteiger partial charge in [-0.1, -0.05) is 61.9 Å². The number of halogens is 1. The second kappa shape index (κ2) is 10.4. The second-order valence-corrected chi connectivity index (χ2v) is 8.30. The third-order valence-corrected chi connectivity index (χ3v) is 5.99. The number of alkyl carbamates (subject to hydrolysis) is 1. The number of benzene rings is 3. The van der Waals surface area contributed by atoms with E-state index in [1.165, 1.54) is 6.07 Å². The van der Waals surface area contributed by atoms with Crippen molar-refractivity contribution in [3.8, 4) is 11.1 Å². The van der Waals surface area contributed by atoms with Crippen molar-refractivity contribution in [3.63, 3.8) is 0 Å². The average Bonchev–Trinajstić information content (AvgIpc) is 3.17. The molecule has 0 aromatic heterocycles. The van der Waals surface area contributed by atoms with Crippen LogP contribution in [0.2, 0.25) is 0 Å². The lowest BCUT2D eigenvalue weighted by molar-refractivity contribution is -0.118. The fraction of sp³-hybridized carbons (Fsp3) is 0.222. The van der Waals surface area contributed by atoms with E-state index in [0.29, 0.717) is 12.8 Å². The number of aromatic carboxylic acids is 1. The molecule has 2 amide bonds. The molecule has 3 aromatic carbocycles. The molecule has 1 atom stereocenters. The maximum Gasteiger partial charge on any atom is 0.407 e. The molecule has 0 saturated heterocycles. The number of rotatable bonds is 8. The normalized spacial score (nSPS) is 12.9. The van der Waals surface area contributed by atoms with Crippen molar-refractivity contribution in [2.75, 3.05) is 11.9 Å². The third-order valence-electron chi connectivity index (χ3n) is 5.99. The van der Waals surface area contributed by atoms with Crippen molar-refractivity contribution in [1.29, 1.82) is 0 Å². The Labute approximate surface area is 201 Å². The van der Waals surface area contributed by atoms with Gasteiger partial charge in [-0.15, -0.1) is 0 Å². The van der Waals surface area contributed by atoms with Gasteiger partial charge in [0.05, 0.1) is 5.56 Å². The molecule has 1 aliphatic carbocycles. The van der Waals surface area contributed by atoms with Crippen molar-refractivity contribution < 1.29 is 28.6 Å². The Morgan fingerprint density at radius 1 is 1.00 bits per heavy atom. The van der Waals surface area contributed by atoms with Crippen LogP contribution in [0.1, 0.15) is 47.2 Å². The Balaban J connectivity index is 1.41. The highest BCUT2D eigenvalue weighted by Gasteiger charge is 2.29. The lowest BCUT2D eigenvalue weighted by atomic mass is 9.98. The van der Waals surface area contributed by atoms with Crippen LogP contribution < -0.4 is 10.6 Å². The van der Waals surface area contributed by atoms with Gasteiger partial charge >= 0.3 is 12.1 Å². The Morgan fingerprint density at radius 2 is 1.63 bits per heavy atom. The van der Waals surface area contributed by atoms with Crippen LogP contribution in [0.5, 0.6) is 0 Å². The van der Waals surface area contributed by atoms with Crippen molar-refractivity contribution >= 4 is 23.7 Å². The fourth-order valence-corrected chi connectivity index (χ4v) is 4.34. The van der Waals surface area contributed by atoms with Gasteiger partial charge in [0, 0.05) is 11.6 Å². The van der Waals surface area contributed by atoms with Crippen LogP contribution in [-0.2, 0) is 9.53 Å². The molecule has 0 bridgehead atoms. The molecule has 4 rings (SSSR count). The molecule has 0 heterocycles. The van der Waals surface area contributed by atoms with Gasteiger partial charge in [-0.25, -0.2) is 14.0 Å². The van der Waals surface area contributed by atoms with Gasteiger partial charge in [0.15, 0.2) is 0 Å². The summed E-state index contributed by atoms with van der Waals surface area (Å²) in [5.74, 6) is -3.01. The van der Waals surface area contributed by atoms with E-state index in [1.807, 2.05) is 55.5 Å². The van der Waals surface area contributed by atoms with Gasteiger partial charge in [-0.3, -0.25) is 4.79 Å². The molecule has 0 aliphatic heterocycles. The lowest BCUT2D eigenvalue weighted by Gasteiger charge is -2.19. The molecule has 3 N–H and O–H groups in total. The highest BCUT2D eigenvalue weighted by atomic mass is 19.1. The van der Waals surface area contributed by atoms with Gasteiger partial charge in [-0.2, -0.15) is 0 Å². The number of hydrogen-bond acceptors (Lipinski definition) is 4. The number of carboxylic acid groups (broad SMARTS) is 1. The number of carbonyl (C=O) groups excluding carboxylic acids is 2. The number of nitrogens with one attached hydrogen (secondary N) is 2. The summed E-state index contributed by atoms with van der Waals surface area (Å²) in [6, 6.07) is 18.3. The SMILES string of the molecule is CCCC(NC(=O)OCC1c2ccccc2-c2ccccc21)C(=O)Nc1ccc(F)c(C(=O)O)c1. The number of fused-ring (bicyclic) bond motifs is 3. The summed E-state index contributed by atoms with van der Waals surface area (Å²) in [6.45, 7) is 1.97. The first kappa shape index (κ1) is 23.9. The van der Waals surface area contributed by atoms with Crippen LogP contribution in [-0.4, -0.2) is 35.7 Å². The third kappa shape index (κ3) is 5.16. The van der Waals surface area contributed by atoms with Crippen LogP contribution in [0.25, 0.3) is 11.1 Å². The molecule has 1 unspecified atom stereocenters. The predicted octanol–water partition coefficient (Wildman–Crippen LogP) is 5.17. The largest absolute Gasteiger partial charge is 0.478 e. The number of carbonyl (C=O) groups is 3. The van der Waals surface area contributed by atoms with Gasteiger partial charge in [0.25, 0.3) is 0 Å². The molecule has 0 fully saturated rings. The molecule has 0 spiro atoms. The monoisotopic (exact) mass is 476 g/mol. The minimum absolute atomic E-state index is 0.111. The molecule has 7 nitrogen and oxygen atoms in total. The topological polar surface area (TPSA) is 105 Å². The van der Waals surface area contributed by atoms with Crippen LogP contribution >= 0.6 is 0 Å². The highest BCUT2D eigenvalue weighted by molar-refractivity contribution is 5.98. The van der Waals surface area contributed by atoms with Crippen LogP contribution in [0.4, 0.5) is 14.9 Å². The van der Waals surface area contributed by atoms with Gasteiger partial charge in [-0.05, 0) is 46.9 Å². The smallest absolute Gasteiger partial charge is 0.407 e. The molecule has 35 heavy (non-hydrogen) atoms. The van der Waals surface area contributed by atoms with E-state index < -0.39 is 35.4 Å². The quantitative estimate of drug-likeness (QED) is 0.416. The summed E-state index contributed by atoms with van der Waals surface area (Å²) < 4.78 is 19.2. The lowest BCUT2D eigenvalue weighted by Crippen LogP contribution is -2.44. The first-order chi connectivity index (χ1) is 16.9. The van der Waals surface area contributed by atoms with E-state index in [4.69, 9.17) is 9.84 Å². The molecule has 0 radical (unpaired) electrons. The minimum Gasteiger partial charge on any atom is -0.478 e. The van der Waals surface area contributed by atoms with E-state index in [-0.39, 0.29) is 18.2 Å². The molecule has 3 aromatic rings. The van der Waals surface area contributed by atoms with Crippen molar-refractivity contribution in [3.05, 3.63) is 89.2 Å². The van der Waals surface area contributed by atoms with Crippen LogP contribution in [0.15, 0.2) is 66.7 Å². The van der Waals surface area contributed by atoms with E-state index in [2.05, 4.69) is 10.6 Å². The van der Waals surface area contributed by atoms with Crippen LogP contribution in [0, 0.1) is 5.82 Å². The average molecular weight is 477 g/mol. The predicted molar refractivity (Wildman–Crippen MR) is 129 cm³/mol. The maximum atomic E-state index is 13.6.